The molecule has 1 nitrogen and oxygen atoms in total. The summed E-state index contributed by atoms with van der Waals surface area (Å²) in [5.74, 6) is 0. The van der Waals surface area contributed by atoms with E-state index < -0.39 is 0 Å². The zero-order chi connectivity index (χ0) is 6.54. The van der Waals surface area contributed by atoms with Crippen molar-refractivity contribution in [1.29, 1.82) is 0 Å². The summed E-state index contributed by atoms with van der Waals surface area (Å²) in [4.78, 5) is 0. The molecule has 2 aliphatic rings. The highest BCUT2D eigenvalue weighted by Gasteiger charge is 2.62. The molecule has 1 heteroatoms. The van der Waals surface area contributed by atoms with E-state index in [2.05, 4.69) is 6.92 Å². The van der Waals surface area contributed by atoms with E-state index in [-0.39, 0.29) is 5.54 Å². The summed E-state index contributed by atoms with van der Waals surface area (Å²) >= 11 is 0. The summed E-state index contributed by atoms with van der Waals surface area (Å²) in [6, 6.07) is 0. The van der Waals surface area contributed by atoms with Crippen molar-refractivity contribution in [3.8, 4) is 0 Å². The highest BCUT2D eigenvalue weighted by atomic mass is 14.9. The Morgan fingerprint density at radius 3 is 1.89 bits per heavy atom. The van der Waals surface area contributed by atoms with E-state index in [0.717, 1.165) is 0 Å². The fourth-order valence-electron chi connectivity index (χ4n) is 2.46. The zero-order valence-corrected chi connectivity index (χ0v) is 6.11. The van der Waals surface area contributed by atoms with Crippen molar-refractivity contribution in [2.45, 2.75) is 44.6 Å². The predicted octanol–water partition coefficient (Wildman–Crippen LogP) is 1.67. The lowest BCUT2D eigenvalue weighted by atomic mass is 10.00. The molecule has 2 N–H and O–H groups in total. The summed E-state index contributed by atoms with van der Waals surface area (Å²) in [7, 11) is 0. The van der Waals surface area contributed by atoms with E-state index in [1.807, 2.05) is 0 Å². The van der Waals surface area contributed by atoms with Crippen LogP contribution in [0.15, 0.2) is 0 Å². The normalized spacial score (nSPS) is 46.0. The van der Waals surface area contributed by atoms with Crippen LogP contribution in [0.1, 0.15) is 39.0 Å². The lowest BCUT2D eigenvalue weighted by molar-refractivity contribution is 0.446. The van der Waals surface area contributed by atoms with E-state index in [1.165, 1.54) is 32.1 Å². The van der Waals surface area contributed by atoms with Gasteiger partial charge in [-0.2, -0.15) is 0 Å². The first-order valence-corrected chi connectivity index (χ1v) is 3.95. The van der Waals surface area contributed by atoms with Crippen molar-refractivity contribution in [2.75, 3.05) is 0 Å². The second-order valence-corrected chi connectivity index (χ2v) is 4.08. The molecule has 2 rings (SSSR count). The second-order valence-electron chi connectivity index (χ2n) is 4.08. The Bertz CT molecular complexity index is 126. The average Bonchev–Trinajstić information content (AvgIpc) is 2.27. The minimum absolute atomic E-state index is 0.226. The molecular formula is C8H15N. The minimum atomic E-state index is 0.226. The van der Waals surface area contributed by atoms with Crippen LogP contribution in [-0.2, 0) is 0 Å². The lowest BCUT2D eigenvalue weighted by Gasteiger charge is -2.10. The molecule has 0 aliphatic heterocycles. The standard InChI is InChI=1S/C8H15N/c1-7(9)6-8(7)4-2-3-5-8/h2-6,9H2,1H3. The fourth-order valence-corrected chi connectivity index (χ4v) is 2.46. The van der Waals surface area contributed by atoms with Gasteiger partial charge in [0.2, 0.25) is 0 Å². The molecular weight excluding hydrogens is 110 g/mol. The molecule has 2 saturated carbocycles. The molecule has 1 unspecified atom stereocenters. The number of hydrogen-bond acceptors (Lipinski definition) is 1. The third-order valence-electron chi connectivity index (χ3n) is 3.35. The maximum absolute atomic E-state index is 6.01. The summed E-state index contributed by atoms with van der Waals surface area (Å²) in [5.41, 5.74) is 6.85. The molecule has 0 radical (unpaired) electrons. The van der Waals surface area contributed by atoms with Crippen LogP contribution in [0.4, 0.5) is 0 Å². The quantitative estimate of drug-likeness (QED) is 0.523. The molecule has 1 atom stereocenters. The van der Waals surface area contributed by atoms with Crippen molar-refractivity contribution >= 4 is 0 Å². The van der Waals surface area contributed by atoms with Crippen LogP contribution >= 0.6 is 0 Å². The summed E-state index contributed by atoms with van der Waals surface area (Å²) in [5, 5.41) is 0. The van der Waals surface area contributed by atoms with Gasteiger partial charge in [-0.3, -0.25) is 0 Å². The van der Waals surface area contributed by atoms with Crippen molar-refractivity contribution in [1.82, 2.24) is 0 Å². The molecule has 0 aromatic rings. The summed E-state index contributed by atoms with van der Waals surface area (Å²) < 4.78 is 0. The first kappa shape index (κ1) is 5.72. The first-order chi connectivity index (χ1) is 4.16. The van der Waals surface area contributed by atoms with E-state index in [1.54, 1.807) is 0 Å². The largest absolute Gasteiger partial charge is 0.325 e. The van der Waals surface area contributed by atoms with E-state index in [0.29, 0.717) is 5.41 Å². The molecule has 1 spiro atoms. The van der Waals surface area contributed by atoms with Gasteiger partial charge in [-0.1, -0.05) is 12.8 Å². The fraction of sp³-hybridized carbons (Fsp3) is 1.00. The van der Waals surface area contributed by atoms with Gasteiger partial charge >= 0.3 is 0 Å². The first-order valence-electron chi connectivity index (χ1n) is 3.95. The smallest absolute Gasteiger partial charge is 0.0189 e. The summed E-state index contributed by atoms with van der Waals surface area (Å²) in [6.07, 6.45) is 6.94. The van der Waals surface area contributed by atoms with Crippen molar-refractivity contribution < 1.29 is 0 Å². The summed E-state index contributed by atoms with van der Waals surface area (Å²) in [6.45, 7) is 2.21. The second kappa shape index (κ2) is 1.34. The number of rotatable bonds is 0. The average molecular weight is 125 g/mol. The molecule has 0 heterocycles. The SMILES string of the molecule is CC1(N)CC12CCCC2. The third kappa shape index (κ3) is 0.586. The van der Waals surface area contributed by atoms with E-state index in [4.69, 9.17) is 5.73 Å². The van der Waals surface area contributed by atoms with Crippen LogP contribution in [0.3, 0.4) is 0 Å². The molecule has 0 amide bonds. The van der Waals surface area contributed by atoms with Gasteiger partial charge in [0.25, 0.3) is 0 Å². The van der Waals surface area contributed by atoms with Gasteiger partial charge < -0.3 is 5.73 Å². The third-order valence-corrected chi connectivity index (χ3v) is 3.35. The van der Waals surface area contributed by atoms with Gasteiger partial charge in [0, 0.05) is 5.54 Å². The van der Waals surface area contributed by atoms with Crippen LogP contribution < -0.4 is 5.73 Å². The Labute approximate surface area is 56.6 Å². The van der Waals surface area contributed by atoms with Crippen LogP contribution in [0.5, 0.6) is 0 Å². The van der Waals surface area contributed by atoms with Gasteiger partial charge in [-0.15, -0.1) is 0 Å². The monoisotopic (exact) mass is 125 g/mol. The van der Waals surface area contributed by atoms with Crippen molar-refractivity contribution in [3.05, 3.63) is 0 Å². The van der Waals surface area contributed by atoms with Crippen molar-refractivity contribution in [2.24, 2.45) is 11.1 Å². The van der Waals surface area contributed by atoms with Gasteiger partial charge in [0.15, 0.2) is 0 Å². The number of nitrogens with two attached hydrogens (primary N) is 1. The number of hydrogen-bond donors (Lipinski definition) is 1. The van der Waals surface area contributed by atoms with Crippen LogP contribution in [0.25, 0.3) is 0 Å². The molecule has 2 aliphatic carbocycles. The van der Waals surface area contributed by atoms with E-state index >= 15 is 0 Å². The lowest BCUT2D eigenvalue weighted by Crippen LogP contribution is -2.24. The van der Waals surface area contributed by atoms with Gasteiger partial charge in [-0.25, -0.2) is 0 Å². The van der Waals surface area contributed by atoms with Crippen LogP contribution in [-0.4, -0.2) is 5.54 Å². The Morgan fingerprint density at radius 1 is 1.22 bits per heavy atom. The topological polar surface area (TPSA) is 26.0 Å². The van der Waals surface area contributed by atoms with Crippen LogP contribution in [0, 0.1) is 5.41 Å². The molecule has 0 aromatic heterocycles. The maximum Gasteiger partial charge on any atom is 0.0189 e. The molecule has 0 bridgehead atoms. The van der Waals surface area contributed by atoms with E-state index in [9.17, 15) is 0 Å². The highest BCUT2D eigenvalue weighted by molar-refractivity contribution is 5.18. The Morgan fingerprint density at radius 2 is 1.67 bits per heavy atom. The maximum atomic E-state index is 6.01. The molecule has 52 valence electrons. The minimum Gasteiger partial charge on any atom is -0.325 e. The van der Waals surface area contributed by atoms with Gasteiger partial charge in [-0.05, 0) is 31.6 Å². The molecule has 9 heavy (non-hydrogen) atoms. The highest BCUT2D eigenvalue weighted by Crippen LogP contribution is 2.63. The molecule has 0 saturated heterocycles. The molecule has 2 fully saturated rings. The van der Waals surface area contributed by atoms with Crippen molar-refractivity contribution in [3.63, 3.8) is 0 Å². The van der Waals surface area contributed by atoms with Gasteiger partial charge in [0.05, 0.1) is 0 Å². The van der Waals surface area contributed by atoms with Gasteiger partial charge in [0.1, 0.15) is 0 Å². The van der Waals surface area contributed by atoms with Crippen LogP contribution in [0.2, 0.25) is 0 Å². The Hall–Kier alpha value is -0.0400. The zero-order valence-electron chi connectivity index (χ0n) is 6.11. The Kier molecular flexibility index (Phi) is 0.852. The predicted molar refractivity (Wildman–Crippen MR) is 38.1 cm³/mol. The Balaban J connectivity index is 2.13. The molecule has 0 aromatic carbocycles.